The van der Waals surface area contributed by atoms with E-state index in [4.69, 9.17) is 4.42 Å². The summed E-state index contributed by atoms with van der Waals surface area (Å²) in [6, 6.07) is 93.0. The van der Waals surface area contributed by atoms with Gasteiger partial charge >= 0.3 is 0 Å². The van der Waals surface area contributed by atoms with E-state index in [1.807, 2.05) is 0 Å². The van der Waals surface area contributed by atoms with E-state index in [1.54, 1.807) is 0 Å². The molecule has 0 fully saturated rings. The van der Waals surface area contributed by atoms with Crippen LogP contribution in [0.15, 0.2) is 253 Å². The van der Waals surface area contributed by atoms with Crippen LogP contribution in [0.4, 0.5) is 17.1 Å². The van der Waals surface area contributed by atoms with Crippen LogP contribution in [-0.4, -0.2) is 0 Å². The second kappa shape index (κ2) is 15.1. The fourth-order valence-corrected chi connectivity index (χ4v) is 13.7. The number of fused-ring (bicyclic) bond motifs is 18. The first-order valence-corrected chi connectivity index (χ1v) is 25.9. The van der Waals surface area contributed by atoms with Gasteiger partial charge < -0.3 is 9.32 Å². The van der Waals surface area contributed by atoms with Crippen LogP contribution < -0.4 is 4.90 Å². The zero-order valence-corrected chi connectivity index (χ0v) is 41.0. The van der Waals surface area contributed by atoms with Crippen molar-refractivity contribution in [3.05, 3.63) is 282 Å². The quantitative estimate of drug-likeness (QED) is 0.171. The van der Waals surface area contributed by atoms with Crippen molar-refractivity contribution in [2.45, 2.75) is 24.7 Å². The van der Waals surface area contributed by atoms with Gasteiger partial charge in [-0.25, -0.2) is 0 Å². The molecule has 0 saturated heterocycles. The van der Waals surface area contributed by atoms with Crippen LogP contribution in [-0.2, 0) is 10.8 Å². The SMILES string of the molecule is CC1(C)c2ccccc2-c2ccc(N(c3ccc4c(c3)C3(c5ccccc5-c5ccccc53)c3ccccc3-4)c3cc4oc5cc6ccccc6cc5c4cc3-c3ccc(-c4cccc5ccccc45)cc3)cc21. The first kappa shape index (κ1) is 41.4. The molecule has 0 amide bonds. The maximum atomic E-state index is 7.03. The average Bonchev–Trinajstić information content (AvgIpc) is 4.13. The summed E-state index contributed by atoms with van der Waals surface area (Å²) in [5, 5.41) is 7.04. The van der Waals surface area contributed by atoms with Gasteiger partial charge in [0.25, 0.3) is 0 Å². The van der Waals surface area contributed by atoms with Crippen molar-refractivity contribution in [2.24, 2.45) is 0 Å². The molecule has 13 aromatic rings. The van der Waals surface area contributed by atoms with Gasteiger partial charge in [0, 0.05) is 39.2 Å². The predicted octanol–water partition coefficient (Wildman–Crippen LogP) is 19.3. The molecule has 1 heterocycles. The molecule has 1 spiro atoms. The smallest absolute Gasteiger partial charge is 0.137 e. The van der Waals surface area contributed by atoms with Crippen LogP contribution in [0.25, 0.3) is 99.1 Å². The van der Waals surface area contributed by atoms with Gasteiger partial charge in [-0.15, -0.1) is 0 Å². The molecular weight excluding hydrogens is 895 g/mol. The van der Waals surface area contributed by atoms with Gasteiger partial charge in [-0.2, -0.15) is 0 Å². The van der Waals surface area contributed by atoms with Crippen LogP contribution in [0.3, 0.4) is 0 Å². The van der Waals surface area contributed by atoms with E-state index < -0.39 is 5.41 Å². The largest absolute Gasteiger partial charge is 0.456 e. The van der Waals surface area contributed by atoms with Crippen molar-refractivity contribution in [3.63, 3.8) is 0 Å². The van der Waals surface area contributed by atoms with Crippen LogP contribution in [0.1, 0.15) is 47.2 Å². The van der Waals surface area contributed by atoms with Crippen molar-refractivity contribution >= 4 is 60.5 Å². The molecule has 0 atom stereocenters. The van der Waals surface area contributed by atoms with E-state index in [0.717, 1.165) is 55.5 Å². The van der Waals surface area contributed by atoms with Crippen LogP contribution in [0.2, 0.25) is 0 Å². The van der Waals surface area contributed by atoms with Crippen molar-refractivity contribution in [2.75, 3.05) is 4.90 Å². The Morgan fingerprint density at radius 2 is 0.743 bits per heavy atom. The molecule has 0 bridgehead atoms. The highest BCUT2D eigenvalue weighted by atomic mass is 16.3. The third-order valence-electron chi connectivity index (χ3n) is 17.1. The molecule has 2 nitrogen and oxygen atoms in total. The molecule has 0 unspecified atom stereocenters. The van der Waals surface area contributed by atoms with E-state index in [-0.39, 0.29) is 5.41 Å². The number of nitrogens with zero attached hydrogens (tertiary/aromatic N) is 1. The molecule has 0 radical (unpaired) electrons. The second-order valence-corrected chi connectivity index (χ2v) is 21.1. The first-order chi connectivity index (χ1) is 36.4. The summed E-state index contributed by atoms with van der Waals surface area (Å²) >= 11 is 0. The molecule has 3 aliphatic carbocycles. The van der Waals surface area contributed by atoms with Crippen molar-refractivity contribution < 1.29 is 4.42 Å². The molecule has 346 valence electrons. The number of anilines is 3. The van der Waals surface area contributed by atoms with Gasteiger partial charge in [-0.05, 0) is 147 Å². The summed E-state index contributed by atoms with van der Waals surface area (Å²) in [7, 11) is 0. The summed E-state index contributed by atoms with van der Waals surface area (Å²) in [4.78, 5) is 2.53. The topological polar surface area (TPSA) is 16.4 Å². The minimum absolute atomic E-state index is 0.209. The lowest BCUT2D eigenvalue weighted by atomic mass is 9.70. The van der Waals surface area contributed by atoms with Crippen LogP contribution in [0, 0.1) is 0 Å². The molecule has 12 aromatic carbocycles. The molecule has 74 heavy (non-hydrogen) atoms. The van der Waals surface area contributed by atoms with Gasteiger partial charge in [-0.1, -0.05) is 214 Å². The Hall–Kier alpha value is -9.24. The zero-order chi connectivity index (χ0) is 48.9. The maximum absolute atomic E-state index is 7.03. The lowest BCUT2D eigenvalue weighted by Gasteiger charge is -2.33. The molecule has 2 heteroatoms. The minimum atomic E-state index is -0.507. The van der Waals surface area contributed by atoms with E-state index in [0.29, 0.717) is 0 Å². The Kier molecular flexibility index (Phi) is 8.47. The van der Waals surface area contributed by atoms with E-state index in [9.17, 15) is 0 Å². The third-order valence-corrected chi connectivity index (χ3v) is 17.1. The fraction of sp³-hybridized carbons (Fsp3) is 0.0556. The predicted molar refractivity (Wildman–Crippen MR) is 308 cm³/mol. The van der Waals surface area contributed by atoms with Gasteiger partial charge in [0.15, 0.2) is 0 Å². The molecular formula is C72H47NO. The summed E-state index contributed by atoms with van der Waals surface area (Å²) in [6.07, 6.45) is 0. The minimum Gasteiger partial charge on any atom is -0.456 e. The summed E-state index contributed by atoms with van der Waals surface area (Å²) in [6.45, 7) is 4.76. The average molecular weight is 942 g/mol. The summed E-state index contributed by atoms with van der Waals surface area (Å²) < 4.78 is 7.03. The number of furan rings is 1. The van der Waals surface area contributed by atoms with E-state index in [2.05, 4.69) is 267 Å². The Morgan fingerprint density at radius 3 is 1.39 bits per heavy atom. The number of hydrogen-bond acceptors (Lipinski definition) is 2. The third kappa shape index (κ3) is 5.60. The highest BCUT2D eigenvalue weighted by molar-refractivity contribution is 6.13. The highest BCUT2D eigenvalue weighted by Gasteiger charge is 2.51. The number of rotatable bonds is 5. The maximum Gasteiger partial charge on any atom is 0.137 e. The standard InChI is InChI=1S/C72H47NO/c1-71(2)62-26-11-7-21-53(62)57-36-34-49(40-66(57)71)73(50-35-37-58-56-24-10-14-29-65(56)72(67(58)41-50)63-27-12-8-22-54(63)55-23-9-13-28-64(55)72)68-43-70-61(60-38-47-17-3-4-18-48(47)39-69(60)74-70)42-59(68)46-32-30-45(31-33-46)52-25-15-19-44-16-5-6-20-51(44)52/h3-43H,1-2H3. The Labute approximate surface area is 430 Å². The normalized spacial score (nSPS) is 14.0. The Balaban J connectivity index is 0.984. The van der Waals surface area contributed by atoms with Gasteiger partial charge in [0.2, 0.25) is 0 Å². The monoisotopic (exact) mass is 941 g/mol. The zero-order valence-electron chi connectivity index (χ0n) is 41.0. The molecule has 16 rings (SSSR count). The van der Waals surface area contributed by atoms with Gasteiger partial charge in [-0.3, -0.25) is 0 Å². The van der Waals surface area contributed by atoms with Gasteiger partial charge in [0.05, 0.1) is 11.1 Å². The molecule has 0 N–H and O–H groups in total. The van der Waals surface area contributed by atoms with Gasteiger partial charge in [0.1, 0.15) is 11.2 Å². The van der Waals surface area contributed by atoms with Crippen molar-refractivity contribution in [1.29, 1.82) is 0 Å². The number of hydrogen-bond donors (Lipinski definition) is 0. The molecule has 3 aliphatic rings. The highest BCUT2D eigenvalue weighted by Crippen LogP contribution is 2.64. The van der Waals surface area contributed by atoms with E-state index >= 15 is 0 Å². The molecule has 0 saturated carbocycles. The van der Waals surface area contributed by atoms with E-state index in [1.165, 1.54) is 94.0 Å². The fourth-order valence-electron chi connectivity index (χ4n) is 13.7. The second-order valence-electron chi connectivity index (χ2n) is 21.1. The molecule has 1 aromatic heterocycles. The van der Waals surface area contributed by atoms with Crippen LogP contribution >= 0.6 is 0 Å². The van der Waals surface area contributed by atoms with Crippen LogP contribution in [0.5, 0.6) is 0 Å². The first-order valence-electron chi connectivity index (χ1n) is 25.9. The lowest BCUT2D eigenvalue weighted by Crippen LogP contribution is -2.26. The lowest BCUT2D eigenvalue weighted by molar-refractivity contribution is 0.660. The Morgan fingerprint density at radius 1 is 0.297 bits per heavy atom. The number of benzene rings is 12. The summed E-state index contributed by atoms with van der Waals surface area (Å²) in [5.74, 6) is 0. The summed E-state index contributed by atoms with van der Waals surface area (Å²) in [5.41, 5.74) is 24.6. The Bertz CT molecular complexity index is 4460. The van der Waals surface area contributed by atoms with Crippen molar-refractivity contribution in [1.82, 2.24) is 0 Å². The molecule has 0 aliphatic heterocycles. The van der Waals surface area contributed by atoms with Crippen molar-refractivity contribution in [3.8, 4) is 55.6 Å².